The molecule has 0 aliphatic heterocycles. The zero-order valence-electron chi connectivity index (χ0n) is 8.46. The molecule has 0 aliphatic carbocycles. The lowest BCUT2D eigenvalue weighted by molar-refractivity contribution is 0.0586. The van der Waals surface area contributed by atoms with Crippen LogP contribution in [0.1, 0.15) is 22.5 Å². The number of hydrogen-bond acceptors (Lipinski definition) is 4. The van der Waals surface area contributed by atoms with Crippen molar-refractivity contribution >= 4 is 17.6 Å². The minimum Gasteiger partial charge on any atom is -0.493 e. The van der Waals surface area contributed by atoms with E-state index in [0.717, 1.165) is 13.2 Å². The smallest absolute Gasteiger partial charge is 0.340 e. The number of esters is 1. The summed E-state index contributed by atoms with van der Waals surface area (Å²) in [5, 5.41) is -0.231. The molecular weight excluding hydrogens is 244 g/mol. The molecule has 0 amide bonds. The summed E-state index contributed by atoms with van der Waals surface area (Å²) < 4.78 is 34.3. The standard InChI is InChI=1S/C9H8ClF2NO3/c1-15-5-3-4(9(14)16-2)6(8(11)12)13-7(5)10/h3,8H,1-2H3. The molecule has 0 saturated carbocycles. The molecule has 0 bridgehead atoms. The summed E-state index contributed by atoms with van der Waals surface area (Å²) in [5.41, 5.74) is -1.09. The first-order valence-corrected chi connectivity index (χ1v) is 4.50. The number of nitrogens with zero attached hydrogens (tertiary/aromatic N) is 1. The molecule has 0 aromatic carbocycles. The summed E-state index contributed by atoms with van der Waals surface area (Å²) in [6.45, 7) is 0. The summed E-state index contributed by atoms with van der Waals surface area (Å²) in [6.07, 6.45) is -2.92. The van der Waals surface area contributed by atoms with Gasteiger partial charge in [-0.2, -0.15) is 0 Å². The van der Waals surface area contributed by atoms with E-state index in [1.807, 2.05) is 0 Å². The Balaban J connectivity index is 3.36. The maximum atomic E-state index is 12.6. The van der Waals surface area contributed by atoms with Gasteiger partial charge < -0.3 is 9.47 Å². The Morgan fingerprint density at radius 3 is 2.56 bits per heavy atom. The second kappa shape index (κ2) is 5.07. The van der Waals surface area contributed by atoms with E-state index in [-0.39, 0.29) is 16.5 Å². The lowest BCUT2D eigenvalue weighted by atomic mass is 10.2. The molecule has 0 unspecified atom stereocenters. The van der Waals surface area contributed by atoms with E-state index in [4.69, 9.17) is 16.3 Å². The Hall–Kier alpha value is -1.43. The largest absolute Gasteiger partial charge is 0.493 e. The number of ether oxygens (including phenoxy) is 2. The van der Waals surface area contributed by atoms with Crippen molar-refractivity contribution in [1.29, 1.82) is 0 Å². The van der Waals surface area contributed by atoms with E-state index in [2.05, 4.69) is 9.72 Å². The van der Waals surface area contributed by atoms with E-state index in [1.54, 1.807) is 0 Å². The lowest BCUT2D eigenvalue weighted by Gasteiger charge is -2.09. The molecule has 0 saturated heterocycles. The van der Waals surface area contributed by atoms with Crippen LogP contribution >= 0.6 is 11.6 Å². The highest BCUT2D eigenvalue weighted by Gasteiger charge is 2.23. The number of pyridine rings is 1. The quantitative estimate of drug-likeness (QED) is 0.612. The molecule has 0 atom stereocenters. The Kier molecular flexibility index (Phi) is 4.00. The third kappa shape index (κ3) is 2.38. The Morgan fingerprint density at radius 2 is 2.12 bits per heavy atom. The minimum absolute atomic E-state index is 0.0338. The molecule has 7 heteroatoms. The molecule has 0 N–H and O–H groups in total. The van der Waals surface area contributed by atoms with Crippen molar-refractivity contribution in [3.8, 4) is 5.75 Å². The first-order valence-electron chi connectivity index (χ1n) is 4.12. The van der Waals surface area contributed by atoms with Crippen molar-refractivity contribution in [3.05, 3.63) is 22.5 Å². The van der Waals surface area contributed by atoms with Crippen molar-refractivity contribution in [3.63, 3.8) is 0 Å². The molecule has 0 radical (unpaired) electrons. The highest BCUT2D eigenvalue weighted by atomic mass is 35.5. The number of rotatable bonds is 3. The number of hydrogen-bond donors (Lipinski definition) is 0. The first kappa shape index (κ1) is 12.6. The molecule has 1 aromatic rings. The zero-order chi connectivity index (χ0) is 12.3. The van der Waals surface area contributed by atoms with Gasteiger partial charge in [0.05, 0.1) is 19.8 Å². The van der Waals surface area contributed by atoms with Gasteiger partial charge in [0.1, 0.15) is 5.69 Å². The van der Waals surface area contributed by atoms with Gasteiger partial charge in [-0.25, -0.2) is 18.6 Å². The molecule has 0 fully saturated rings. The van der Waals surface area contributed by atoms with Crippen molar-refractivity contribution in [2.45, 2.75) is 6.43 Å². The van der Waals surface area contributed by atoms with Crippen LogP contribution in [0.25, 0.3) is 0 Å². The predicted octanol–water partition coefficient (Wildman–Crippen LogP) is 2.47. The molecule has 88 valence electrons. The Labute approximate surface area is 95.1 Å². The summed E-state index contributed by atoms with van der Waals surface area (Å²) in [7, 11) is 2.37. The van der Waals surface area contributed by atoms with Gasteiger partial charge in [0.25, 0.3) is 6.43 Å². The third-order valence-electron chi connectivity index (χ3n) is 1.81. The molecule has 1 heterocycles. The fraction of sp³-hybridized carbons (Fsp3) is 0.333. The SMILES string of the molecule is COC(=O)c1cc(OC)c(Cl)nc1C(F)F. The van der Waals surface area contributed by atoms with Crippen molar-refractivity contribution in [2.24, 2.45) is 0 Å². The molecule has 4 nitrogen and oxygen atoms in total. The molecule has 0 spiro atoms. The number of halogens is 3. The van der Waals surface area contributed by atoms with Crippen LogP contribution in [0, 0.1) is 0 Å². The fourth-order valence-corrected chi connectivity index (χ4v) is 1.29. The summed E-state index contributed by atoms with van der Waals surface area (Å²) in [6, 6.07) is 1.07. The lowest BCUT2D eigenvalue weighted by Crippen LogP contribution is -2.09. The summed E-state index contributed by atoms with van der Waals surface area (Å²) in [4.78, 5) is 14.6. The number of alkyl halides is 2. The molecule has 1 rings (SSSR count). The summed E-state index contributed by atoms with van der Waals surface area (Å²) >= 11 is 5.57. The number of methoxy groups -OCH3 is 2. The van der Waals surface area contributed by atoms with Crippen LogP contribution in [-0.4, -0.2) is 25.2 Å². The van der Waals surface area contributed by atoms with Gasteiger partial charge >= 0.3 is 5.97 Å². The van der Waals surface area contributed by atoms with Crippen LogP contribution in [0.5, 0.6) is 5.75 Å². The van der Waals surface area contributed by atoms with Crippen LogP contribution in [0.2, 0.25) is 5.15 Å². The number of carbonyl (C=O) groups excluding carboxylic acids is 1. The molecule has 1 aromatic heterocycles. The van der Waals surface area contributed by atoms with E-state index in [0.29, 0.717) is 0 Å². The minimum atomic E-state index is -2.92. The van der Waals surface area contributed by atoms with E-state index in [9.17, 15) is 13.6 Å². The fourth-order valence-electron chi connectivity index (χ4n) is 1.07. The normalized spacial score (nSPS) is 10.4. The monoisotopic (exact) mass is 251 g/mol. The van der Waals surface area contributed by atoms with Gasteiger partial charge in [-0.05, 0) is 6.07 Å². The average Bonchev–Trinajstić information content (AvgIpc) is 2.27. The van der Waals surface area contributed by atoms with Crippen molar-refractivity contribution in [1.82, 2.24) is 4.98 Å². The molecule has 0 aliphatic rings. The van der Waals surface area contributed by atoms with Crippen LogP contribution in [0.3, 0.4) is 0 Å². The zero-order valence-corrected chi connectivity index (χ0v) is 9.22. The summed E-state index contributed by atoms with van der Waals surface area (Å²) in [5.74, 6) is -0.885. The van der Waals surface area contributed by atoms with E-state index < -0.39 is 18.1 Å². The van der Waals surface area contributed by atoms with Crippen LogP contribution in [-0.2, 0) is 4.74 Å². The van der Waals surface area contributed by atoms with Gasteiger partial charge in [0, 0.05) is 0 Å². The average molecular weight is 252 g/mol. The second-order valence-corrected chi connectivity index (χ2v) is 3.06. The van der Waals surface area contributed by atoms with Gasteiger partial charge in [-0.3, -0.25) is 0 Å². The number of carbonyl (C=O) groups is 1. The Bertz CT molecular complexity index is 412. The van der Waals surface area contributed by atoms with E-state index in [1.165, 1.54) is 7.11 Å². The Morgan fingerprint density at radius 1 is 1.50 bits per heavy atom. The van der Waals surface area contributed by atoms with Gasteiger partial charge in [-0.1, -0.05) is 11.6 Å². The van der Waals surface area contributed by atoms with E-state index >= 15 is 0 Å². The maximum Gasteiger partial charge on any atom is 0.340 e. The third-order valence-corrected chi connectivity index (χ3v) is 2.08. The highest BCUT2D eigenvalue weighted by molar-refractivity contribution is 6.31. The van der Waals surface area contributed by atoms with Crippen molar-refractivity contribution < 1.29 is 23.0 Å². The second-order valence-electron chi connectivity index (χ2n) is 2.71. The van der Waals surface area contributed by atoms with Crippen molar-refractivity contribution in [2.75, 3.05) is 14.2 Å². The highest BCUT2D eigenvalue weighted by Crippen LogP contribution is 2.30. The van der Waals surface area contributed by atoms with Crippen LogP contribution in [0.4, 0.5) is 8.78 Å². The molecular formula is C9H8ClF2NO3. The first-order chi connectivity index (χ1) is 7.51. The van der Waals surface area contributed by atoms with Crippen LogP contribution < -0.4 is 4.74 Å². The number of aromatic nitrogens is 1. The van der Waals surface area contributed by atoms with Crippen LogP contribution in [0.15, 0.2) is 6.07 Å². The van der Waals surface area contributed by atoms with Gasteiger partial charge in [0.2, 0.25) is 0 Å². The molecule has 16 heavy (non-hydrogen) atoms. The van der Waals surface area contributed by atoms with Gasteiger partial charge in [-0.15, -0.1) is 0 Å². The maximum absolute atomic E-state index is 12.6. The predicted molar refractivity (Wildman–Crippen MR) is 52.1 cm³/mol. The topological polar surface area (TPSA) is 48.4 Å². The van der Waals surface area contributed by atoms with Gasteiger partial charge in [0.15, 0.2) is 10.9 Å².